The van der Waals surface area contributed by atoms with E-state index in [1.54, 1.807) is 17.6 Å². The summed E-state index contributed by atoms with van der Waals surface area (Å²) < 4.78 is 28.4. The van der Waals surface area contributed by atoms with Crippen molar-refractivity contribution < 1.29 is 13.2 Å². The van der Waals surface area contributed by atoms with Crippen LogP contribution in [-0.2, 0) is 16.6 Å². The fourth-order valence-corrected chi connectivity index (χ4v) is 6.31. The molecule has 7 nitrogen and oxygen atoms in total. The molecule has 0 radical (unpaired) electrons. The Morgan fingerprint density at radius 3 is 2.61 bits per heavy atom. The summed E-state index contributed by atoms with van der Waals surface area (Å²) in [7, 11) is -3.53. The molecule has 1 N–H and O–H groups in total. The molecule has 1 aromatic heterocycles. The molecule has 2 aliphatic rings. The van der Waals surface area contributed by atoms with Crippen molar-refractivity contribution >= 4 is 32.4 Å². The van der Waals surface area contributed by atoms with Gasteiger partial charge in [0.1, 0.15) is 5.69 Å². The van der Waals surface area contributed by atoms with E-state index in [0.29, 0.717) is 31.6 Å². The molecule has 1 saturated heterocycles. The molecule has 0 aliphatic carbocycles. The minimum Gasteiger partial charge on any atom is -0.338 e. The predicted molar refractivity (Wildman–Crippen MR) is 129 cm³/mol. The molecule has 0 spiro atoms. The average molecular weight is 466 g/mol. The van der Waals surface area contributed by atoms with Crippen LogP contribution < -0.4 is 10.3 Å². The molecule has 1 fully saturated rings. The third kappa shape index (κ3) is 4.15. The van der Waals surface area contributed by atoms with Gasteiger partial charge in [0.25, 0.3) is 11.5 Å². The van der Waals surface area contributed by atoms with Crippen molar-refractivity contribution in [1.82, 2.24) is 9.47 Å². The summed E-state index contributed by atoms with van der Waals surface area (Å²) in [4.78, 5) is 28.2. The van der Waals surface area contributed by atoms with Gasteiger partial charge in [0.2, 0.25) is 10.0 Å². The molecule has 3 heterocycles. The number of carbonyl (C=O) groups is 1. The van der Waals surface area contributed by atoms with E-state index < -0.39 is 10.0 Å². The zero-order valence-corrected chi connectivity index (χ0v) is 19.3. The van der Waals surface area contributed by atoms with Gasteiger partial charge in [0.15, 0.2) is 0 Å². The second kappa shape index (κ2) is 8.33. The molecule has 33 heavy (non-hydrogen) atoms. The van der Waals surface area contributed by atoms with Gasteiger partial charge >= 0.3 is 0 Å². The highest BCUT2D eigenvalue weighted by Gasteiger charge is 2.37. The van der Waals surface area contributed by atoms with Crippen molar-refractivity contribution in [3.05, 3.63) is 76.2 Å². The molecular formula is C25H27N3O4S. The van der Waals surface area contributed by atoms with E-state index >= 15 is 0 Å². The summed E-state index contributed by atoms with van der Waals surface area (Å²) in [6, 6.07) is 17.2. The summed E-state index contributed by atoms with van der Waals surface area (Å²) >= 11 is 0. The average Bonchev–Trinajstić information content (AvgIpc) is 2.80. The monoisotopic (exact) mass is 465 g/mol. The molecule has 2 bridgehead atoms. The lowest BCUT2D eigenvalue weighted by molar-refractivity contribution is 0.0595. The van der Waals surface area contributed by atoms with E-state index in [0.717, 1.165) is 22.9 Å². The van der Waals surface area contributed by atoms with Crippen LogP contribution in [0.1, 0.15) is 41.7 Å². The number of pyridine rings is 1. The van der Waals surface area contributed by atoms with Crippen molar-refractivity contribution in [2.24, 2.45) is 5.92 Å². The molecule has 2 aliphatic heterocycles. The summed E-state index contributed by atoms with van der Waals surface area (Å²) in [5.74, 6) is 0.192. The number of rotatable bonds is 5. The first-order chi connectivity index (χ1) is 15.8. The lowest BCUT2D eigenvalue weighted by Crippen LogP contribution is -2.49. The third-order valence-electron chi connectivity index (χ3n) is 6.63. The van der Waals surface area contributed by atoms with E-state index in [9.17, 15) is 18.0 Å². The van der Waals surface area contributed by atoms with Gasteiger partial charge in [-0.15, -0.1) is 0 Å². The Hall–Kier alpha value is -3.13. The first-order valence-corrected chi connectivity index (χ1v) is 13.0. The fraction of sp³-hybridized carbons (Fsp3) is 0.360. The SMILES string of the molecule is CCCS(=O)(=O)Nc1ccc2n(c1=O)C[C@@H]1C[C@@H]2CN(C(=O)c2ccc3ccccc3c2)C1. The van der Waals surface area contributed by atoms with Gasteiger partial charge in [-0.3, -0.25) is 14.3 Å². The number of anilines is 1. The number of sulfonamides is 1. The van der Waals surface area contributed by atoms with Crippen LogP contribution in [0.15, 0.2) is 59.4 Å². The minimum atomic E-state index is -3.53. The van der Waals surface area contributed by atoms with E-state index in [1.165, 1.54) is 0 Å². The lowest BCUT2D eigenvalue weighted by atomic mass is 9.83. The Morgan fingerprint density at radius 2 is 1.82 bits per heavy atom. The Kier molecular flexibility index (Phi) is 5.48. The lowest BCUT2D eigenvalue weighted by Gasteiger charge is -2.43. The molecule has 172 valence electrons. The van der Waals surface area contributed by atoms with Crippen molar-refractivity contribution in [1.29, 1.82) is 0 Å². The molecule has 0 saturated carbocycles. The largest absolute Gasteiger partial charge is 0.338 e. The van der Waals surface area contributed by atoms with Gasteiger partial charge in [-0.05, 0) is 53.8 Å². The molecule has 5 rings (SSSR count). The predicted octanol–water partition coefficient (Wildman–Crippen LogP) is 3.41. The zero-order valence-electron chi connectivity index (χ0n) is 18.5. The number of likely N-dealkylation sites (tertiary alicyclic amines) is 1. The van der Waals surface area contributed by atoms with Crippen LogP contribution in [-0.4, -0.2) is 42.6 Å². The maximum atomic E-state index is 13.3. The quantitative estimate of drug-likeness (QED) is 0.625. The zero-order chi connectivity index (χ0) is 23.2. The fourth-order valence-electron chi connectivity index (χ4n) is 5.18. The molecule has 1 amide bonds. The number of amides is 1. The topological polar surface area (TPSA) is 88.5 Å². The Morgan fingerprint density at radius 1 is 1.03 bits per heavy atom. The maximum absolute atomic E-state index is 13.3. The summed E-state index contributed by atoms with van der Waals surface area (Å²) in [6.07, 6.45) is 1.40. The normalized spacial score (nSPS) is 19.8. The van der Waals surface area contributed by atoms with Gasteiger partial charge in [0, 0.05) is 36.8 Å². The van der Waals surface area contributed by atoms with Gasteiger partial charge in [-0.25, -0.2) is 8.42 Å². The Labute approximate surface area is 193 Å². The van der Waals surface area contributed by atoms with Crippen LogP contribution in [0.5, 0.6) is 0 Å². The van der Waals surface area contributed by atoms with Crippen LogP contribution in [0.3, 0.4) is 0 Å². The first-order valence-electron chi connectivity index (χ1n) is 11.4. The third-order valence-corrected chi connectivity index (χ3v) is 8.10. The van der Waals surface area contributed by atoms with Crippen LogP contribution in [0.4, 0.5) is 5.69 Å². The number of benzene rings is 2. The summed E-state index contributed by atoms with van der Waals surface area (Å²) in [5.41, 5.74) is 1.32. The maximum Gasteiger partial charge on any atom is 0.275 e. The second-order valence-electron chi connectivity index (χ2n) is 9.08. The van der Waals surface area contributed by atoms with Crippen LogP contribution in [0.2, 0.25) is 0 Å². The number of hydrogen-bond acceptors (Lipinski definition) is 4. The standard InChI is InChI=1S/C25H27N3O4S/c1-2-11-33(31,32)26-22-9-10-23-21-12-17(15-28(23)25(22)30)14-27(16-21)24(29)20-8-7-18-5-3-4-6-19(18)13-20/h3-10,13,17,21,26H,2,11-12,14-16H2,1H3/t17-,21-/m1/s1. The molecule has 2 aromatic carbocycles. The number of fused-ring (bicyclic) bond motifs is 5. The number of hydrogen-bond donors (Lipinski definition) is 1. The van der Waals surface area contributed by atoms with Crippen molar-refractivity contribution in [2.45, 2.75) is 32.2 Å². The molecule has 3 aromatic rings. The molecule has 0 unspecified atom stereocenters. The number of nitrogens with zero attached hydrogens (tertiary/aromatic N) is 2. The number of nitrogens with one attached hydrogen (secondary N) is 1. The highest BCUT2D eigenvalue weighted by atomic mass is 32.2. The van der Waals surface area contributed by atoms with Gasteiger partial charge in [0.05, 0.1) is 5.75 Å². The van der Waals surface area contributed by atoms with Gasteiger partial charge in [-0.1, -0.05) is 37.3 Å². The van der Waals surface area contributed by atoms with Crippen molar-refractivity contribution in [3.8, 4) is 0 Å². The highest BCUT2D eigenvalue weighted by Crippen LogP contribution is 2.36. The molecular weight excluding hydrogens is 438 g/mol. The molecule has 2 atom stereocenters. The second-order valence-corrected chi connectivity index (χ2v) is 10.9. The number of carbonyl (C=O) groups excluding carboxylic acids is 1. The van der Waals surface area contributed by atoms with Crippen LogP contribution in [0.25, 0.3) is 10.8 Å². The minimum absolute atomic E-state index is 0.00944. The Bertz CT molecular complexity index is 1400. The van der Waals surface area contributed by atoms with Crippen LogP contribution in [0, 0.1) is 5.92 Å². The van der Waals surface area contributed by atoms with E-state index in [2.05, 4.69) is 4.72 Å². The highest BCUT2D eigenvalue weighted by molar-refractivity contribution is 7.92. The van der Waals surface area contributed by atoms with Gasteiger partial charge in [-0.2, -0.15) is 0 Å². The Balaban J connectivity index is 1.40. The molecule has 8 heteroatoms. The van der Waals surface area contributed by atoms with Crippen LogP contribution >= 0.6 is 0 Å². The first kappa shape index (κ1) is 21.7. The summed E-state index contributed by atoms with van der Waals surface area (Å²) in [6.45, 7) is 3.39. The van der Waals surface area contributed by atoms with E-state index in [4.69, 9.17) is 0 Å². The smallest absolute Gasteiger partial charge is 0.275 e. The summed E-state index contributed by atoms with van der Waals surface area (Å²) in [5, 5.41) is 2.14. The number of piperidine rings is 1. The number of aromatic nitrogens is 1. The van der Waals surface area contributed by atoms with Crippen molar-refractivity contribution in [2.75, 3.05) is 23.6 Å². The van der Waals surface area contributed by atoms with Crippen molar-refractivity contribution in [3.63, 3.8) is 0 Å². The van der Waals surface area contributed by atoms with E-state index in [-0.39, 0.29) is 34.7 Å². The van der Waals surface area contributed by atoms with E-state index in [1.807, 2.05) is 53.4 Å². The van der Waals surface area contributed by atoms with Gasteiger partial charge < -0.3 is 9.47 Å².